The number of alkyl halides is 3. The summed E-state index contributed by atoms with van der Waals surface area (Å²) in [5, 5.41) is 0. The Labute approximate surface area is 188 Å². The van der Waals surface area contributed by atoms with Crippen molar-refractivity contribution in [1.82, 2.24) is 8.61 Å². The Kier molecular flexibility index (Phi) is 10.3. The van der Waals surface area contributed by atoms with Crippen LogP contribution in [-0.2, 0) is 20.0 Å². The zero-order valence-electron chi connectivity index (χ0n) is 18.8. The van der Waals surface area contributed by atoms with Crippen molar-refractivity contribution >= 4 is 25.8 Å². The van der Waals surface area contributed by atoms with Crippen LogP contribution in [-0.4, -0.2) is 63.6 Å². The van der Waals surface area contributed by atoms with E-state index >= 15 is 0 Å². The molecular weight excluding hydrogens is 469 g/mol. The monoisotopic (exact) mass is 500 g/mol. The van der Waals surface area contributed by atoms with Crippen molar-refractivity contribution in [3.63, 3.8) is 0 Å². The average molecular weight is 501 g/mol. The van der Waals surface area contributed by atoms with E-state index in [0.29, 0.717) is 31.7 Å². The lowest BCUT2D eigenvalue weighted by molar-refractivity contribution is -0.0887. The van der Waals surface area contributed by atoms with Crippen LogP contribution in [0.3, 0.4) is 0 Å². The van der Waals surface area contributed by atoms with Gasteiger partial charge in [0.05, 0.1) is 0 Å². The first-order valence-electron chi connectivity index (χ1n) is 10.5. The summed E-state index contributed by atoms with van der Waals surface area (Å²) in [5.41, 5.74) is -1.19. The quantitative estimate of drug-likeness (QED) is 0.381. The lowest BCUT2D eigenvalue weighted by Crippen LogP contribution is -2.38. The second kappa shape index (κ2) is 11.6. The maximum absolute atomic E-state index is 13.5. The fourth-order valence-corrected chi connectivity index (χ4v) is 7.50. The standard InChI is InChI=1S/C20H31F3N2O5S2/c1-5-12-24(13-6-2)31(27,28)17-11-9-10-16(19(26)20(21,22)23)18(17)32(29,30)25(14-7-3)15-8-4/h9-11H,5-8,12-15H2,1-4H3. The highest BCUT2D eigenvalue weighted by Crippen LogP contribution is 2.34. The van der Waals surface area contributed by atoms with Crippen molar-refractivity contribution in [2.75, 3.05) is 26.2 Å². The van der Waals surface area contributed by atoms with Gasteiger partial charge < -0.3 is 0 Å². The van der Waals surface area contributed by atoms with Crippen LogP contribution in [0.15, 0.2) is 28.0 Å². The molecule has 0 aliphatic heterocycles. The third kappa shape index (κ3) is 6.30. The minimum atomic E-state index is -5.38. The van der Waals surface area contributed by atoms with Crippen LogP contribution >= 0.6 is 0 Å². The van der Waals surface area contributed by atoms with Gasteiger partial charge in [-0.15, -0.1) is 0 Å². The fraction of sp³-hybridized carbons (Fsp3) is 0.650. The van der Waals surface area contributed by atoms with Gasteiger partial charge in [-0.25, -0.2) is 16.8 Å². The molecular formula is C20H31F3N2O5S2. The summed E-state index contributed by atoms with van der Waals surface area (Å²) in [4.78, 5) is 10.2. The molecule has 0 saturated carbocycles. The lowest BCUT2D eigenvalue weighted by atomic mass is 10.1. The van der Waals surface area contributed by atoms with E-state index in [-0.39, 0.29) is 26.2 Å². The Balaban J connectivity index is 4.01. The van der Waals surface area contributed by atoms with Gasteiger partial charge in [0, 0.05) is 31.7 Å². The predicted molar refractivity (Wildman–Crippen MR) is 116 cm³/mol. The van der Waals surface area contributed by atoms with Crippen molar-refractivity contribution in [3.05, 3.63) is 23.8 Å². The highest BCUT2D eigenvalue weighted by molar-refractivity contribution is 7.92. The Bertz CT molecular complexity index is 981. The number of rotatable bonds is 13. The zero-order chi connectivity index (χ0) is 24.7. The number of carbonyl (C=O) groups excluding carboxylic acids is 1. The molecule has 184 valence electrons. The van der Waals surface area contributed by atoms with Crippen molar-refractivity contribution < 1.29 is 34.8 Å². The van der Waals surface area contributed by atoms with E-state index < -0.39 is 47.4 Å². The summed E-state index contributed by atoms with van der Waals surface area (Å²) in [6.07, 6.45) is -3.83. The van der Waals surface area contributed by atoms with Gasteiger partial charge in [-0.3, -0.25) is 4.79 Å². The molecule has 0 N–H and O–H groups in total. The minimum absolute atomic E-state index is 0.0299. The summed E-state index contributed by atoms with van der Waals surface area (Å²) in [6.45, 7) is 6.88. The molecule has 0 aliphatic rings. The first kappa shape index (κ1) is 28.5. The summed E-state index contributed by atoms with van der Waals surface area (Å²) in [5.74, 6) is -2.40. The summed E-state index contributed by atoms with van der Waals surface area (Å²) in [7, 11) is -9.23. The Morgan fingerprint density at radius 1 is 0.781 bits per heavy atom. The number of ketones is 1. The SMILES string of the molecule is CCCN(CCC)S(=O)(=O)c1cccc(C(=O)C(F)(F)F)c1S(=O)(=O)N(CCC)CCC. The number of benzene rings is 1. The molecule has 0 spiro atoms. The number of sulfonamides is 2. The molecule has 0 fully saturated rings. The maximum Gasteiger partial charge on any atom is 0.454 e. The largest absolute Gasteiger partial charge is 0.454 e. The Hall–Kier alpha value is -1.50. The normalized spacial score (nSPS) is 13.2. The maximum atomic E-state index is 13.5. The molecule has 1 aromatic rings. The first-order valence-corrected chi connectivity index (χ1v) is 13.4. The highest BCUT2D eigenvalue weighted by atomic mass is 32.2. The lowest BCUT2D eigenvalue weighted by Gasteiger charge is -2.27. The van der Waals surface area contributed by atoms with Crippen molar-refractivity contribution in [2.24, 2.45) is 0 Å². The molecule has 7 nitrogen and oxygen atoms in total. The van der Waals surface area contributed by atoms with Gasteiger partial charge in [0.15, 0.2) is 0 Å². The molecule has 32 heavy (non-hydrogen) atoms. The van der Waals surface area contributed by atoms with Crippen molar-refractivity contribution in [3.8, 4) is 0 Å². The molecule has 1 rings (SSSR count). The van der Waals surface area contributed by atoms with Gasteiger partial charge in [0.2, 0.25) is 20.0 Å². The van der Waals surface area contributed by atoms with Crippen LogP contribution in [0.1, 0.15) is 63.7 Å². The van der Waals surface area contributed by atoms with E-state index in [0.717, 1.165) is 20.7 Å². The second-order valence-electron chi connectivity index (χ2n) is 7.27. The average Bonchev–Trinajstić information content (AvgIpc) is 2.71. The molecule has 0 radical (unpaired) electrons. The van der Waals surface area contributed by atoms with Crippen LogP contribution in [0.5, 0.6) is 0 Å². The van der Waals surface area contributed by atoms with Crippen LogP contribution in [0.4, 0.5) is 13.2 Å². The zero-order valence-corrected chi connectivity index (χ0v) is 20.4. The molecule has 0 atom stereocenters. The first-order chi connectivity index (χ1) is 14.8. The molecule has 12 heteroatoms. The number of Topliss-reactive ketones (excluding diaryl/α,β-unsaturated/α-hetero) is 1. The molecule has 0 bridgehead atoms. The number of halogens is 3. The van der Waals surface area contributed by atoms with Gasteiger partial charge in [0.25, 0.3) is 5.78 Å². The minimum Gasteiger partial charge on any atom is -0.284 e. The van der Waals surface area contributed by atoms with E-state index in [1.165, 1.54) is 0 Å². The summed E-state index contributed by atoms with van der Waals surface area (Å²) >= 11 is 0. The third-order valence-electron chi connectivity index (χ3n) is 4.59. The van der Waals surface area contributed by atoms with Gasteiger partial charge in [0.1, 0.15) is 9.79 Å². The summed E-state index contributed by atoms with van der Waals surface area (Å²) in [6, 6.07) is 2.62. The van der Waals surface area contributed by atoms with Crippen molar-refractivity contribution in [1.29, 1.82) is 0 Å². The van der Waals surface area contributed by atoms with E-state index in [1.807, 2.05) is 0 Å². The Morgan fingerprint density at radius 3 is 1.56 bits per heavy atom. The summed E-state index contributed by atoms with van der Waals surface area (Å²) < 4.78 is 95.7. The second-order valence-corrected chi connectivity index (χ2v) is 11.0. The number of nitrogens with zero attached hydrogens (tertiary/aromatic N) is 2. The predicted octanol–water partition coefficient (Wildman–Crippen LogP) is 4.05. The number of hydrogen-bond acceptors (Lipinski definition) is 5. The van der Waals surface area contributed by atoms with Crippen LogP contribution in [0.2, 0.25) is 0 Å². The topological polar surface area (TPSA) is 91.8 Å². The van der Waals surface area contributed by atoms with E-state index in [4.69, 9.17) is 0 Å². The number of carbonyl (C=O) groups is 1. The highest BCUT2D eigenvalue weighted by Gasteiger charge is 2.45. The van der Waals surface area contributed by atoms with E-state index in [2.05, 4.69) is 0 Å². The van der Waals surface area contributed by atoms with Crippen LogP contribution in [0, 0.1) is 0 Å². The van der Waals surface area contributed by atoms with E-state index in [1.54, 1.807) is 27.7 Å². The number of hydrogen-bond donors (Lipinski definition) is 0. The van der Waals surface area contributed by atoms with Crippen LogP contribution < -0.4 is 0 Å². The van der Waals surface area contributed by atoms with Crippen molar-refractivity contribution in [2.45, 2.75) is 69.3 Å². The molecule has 0 amide bonds. The molecule has 0 heterocycles. The van der Waals surface area contributed by atoms with Gasteiger partial charge in [-0.1, -0.05) is 33.8 Å². The van der Waals surface area contributed by atoms with Crippen LogP contribution in [0.25, 0.3) is 0 Å². The Morgan fingerprint density at radius 2 is 1.19 bits per heavy atom. The third-order valence-corrected chi connectivity index (χ3v) is 8.66. The molecule has 0 unspecified atom stereocenters. The molecule has 1 aromatic carbocycles. The van der Waals surface area contributed by atoms with E-state index in [9.17, 15) is 34.8 Å². The molecule has 0 aromatic heterocycles. The van der Waals surface area contributed by atoms with Gasteiger partial charge >= 0.3 is 6.18 Å². The van der Waals surface area contributed by atoms with Gasteiger partial charge in [-0.05, 0) is 37.8 Å². The smallest absolute Gasteiger partial charge is 0.284 e. The molecule has 0 saturated heterocycles. The fourth-order valence-electron chi connectivity index (χ4n) is 3.29. The van der Waals surface area contributed by atoms with Gasteiger partial charge in [-0.2, -0.15) is 21.8 Å². The molecule has 0 aliphatic carbocycles.